The Bertz CT molecular complexity index is 447. The SMILES string of the molecule is CC1(C)C2CCCC(=O)[C@@]2(C)CC[C@H]1O[Si](C)(C)C(C)(C)C. The summed E-state index contributed by atoms with van der Waals surface area (Å²) in [6, 6.07) is 0. The first-order valence-electron chi connectivity index (χ1n) is 9.03. The highest BCUT2D eigenvalue weighted by molar-refractivity contribution is 6.74. The molecule has 3 heteroatoms. The van der Waals surface area contributed by atoms with E-state index in [1.807, 2.05) is 0 Å². The maximum Gasteiger partial charge on any atom is 0.192 e. The minimum Gasteiger partial charge on any atom is -0.413 e. The van der Waals surface area contributed by atoms with Crippen molar-refractivity contribution < 1.29 is 9.22 Å². The topological polar surface area (TPSA) is 26.3 Å². The van der Waals surface area contributed by atoms with E-state index in [0.29, 0.717) is 17.8 Å². The number of carbonyl (C=O) groups excluding carboxylic acids is 1. The van der Waals surface area contributed by atoms with Crippen LogP contribution in [0.5, 0.6) is 0 Å². The number of fused-ring (bicyclic) bond motifs is 1. The lowest BCUT2D eigenvalue weighted by Crippen LogP contribution is -2.58. The van der Waals surface area contributed by atoms with Crippen LogP contribution >= 0.6 is 0 Å². The summed E-state index contributed by atoms with van der Waals surface area (Å²) in [6.45, 7) is 18.6. The van der Waals surface area contributed by atoms with Crippen molar-refractivity contribution in [2.24, 2.45) is 16.7 Å². The molecule has 2 aliphatic rings. The van der Waals surface area contributed by atoms with E-state index in [1.54, 1.807) is 0 Å². The molecule has 1 unspecified atom stereocenters. The smallest absolute Gasteiger partial charge is 0.192 e. The summed E-state index contributed by atoms with van der Waals surface area (Å²) >= 11 is 0. The van der Waals surface area contributed by atoms with Crippen LogP contribution < -0.4 is 0 Å². The Morgan fingerprint density at radius 2 is 1.73 bits per heavy atom. The van der Waals surface area contributed by atoms with E-state index in [-0.39, 0.29) is 15.9 Å². The minimum atomic E-state index is -1.76. The second-order valence-electron chi connectivity index (χ2n) is 10.0. The van der Waals surface area contributed by atoms with Gasteiger partial charge in [-0.2, -0.15) is 0 Å². The number of hydrogen-bond acceptors (Lipinski definition) is 2. The zero-order valence-electron chi connectivity index (χ0n) is 16.0. The predicted molar refractivity (Wildman–Crippen MR) is 95.5 cm³/mol. The molecule has 0 aromatic rings. The number of Topliss-reactive ketones (excluding diaryl/α,β-unsaturated/α-hetero) is 1. The van der Waals surface area contributed by atoms with Gasteiger partial charge in [0.2, 0.25) is 0 Å². The van der Waals surface area contributed by atoms with Gasteiger partial charge in [0.05, 0.1) is 6.10 Å². The van der Waals surface area contributed by atoms with Crippen LogP contribution in [0.3, 0.4) is 0 Å². The number of carbonyl (C=O) groups is 1. The molecule has 128 valence electrons. The van der Waals surface area contributed by atoms with Crippen LogP contribution in [0.25, 0.3) is 0 Å². The minimum absolute atomic E-state index is 0.0958. The van der Waals surface area contributed by atoms with Crippen molar-refractivity contribution in [2.45, 2.75) is 97.9 Å². The molecule has 3 atom stereocenters. The summed E-state index contributed by atoms with van der Waals surface area (Å²) in [7, 11) is -1.76. The van der Waals surface area contributed by atoms with Gasteiger partial charge in [0.25, 0.3) is 0 Å². The monoisotopic (exact) mass is 324 g/mol. The average molecular weight is 325 g/mol. The molecule has 0 aromatic carbocycles. The van der Waals surface area contributed by atoms with Gasteiger partial charge in [-0.25, -0.2) is 0 Å². The van der Waals surface area contributed by atoms with Crippen molar-refractivity contribution in [3.63, 3.8) is 0 Å². The first-order chi connectivity index (χ1) is 9.82. The molecule has 0 amide bonds. The van der Waals surface area contributed by atoms with E-state index in [2.05, 4.69) is 54.6 Å². The van der Waals surface area contributed by atoms with Gasteiger partial charge < -0.3 is 4.43 Å². The van der Waals surface area contributed by atoms with Crippen LogP contribution in [0.4, 0.5) is 0 Å². The van der Waals surface area contributed by atoms with E-state index in [4.69, 9.17) is 4.43 Å². The maximum absolute atomic E-state index is 12.6. The summed E-state index contributed by atoms with van der Waals surface area (Å²) in [4.78, 5) is 12.6. The van der Waals surface area contributed by atoms with Gasteiger partial charge in [0, 0.05) is 11.8 Å². The van der Waals surface area contributed by atoms with E-state index < -0.39 is 8.32 Å². The van der Waals surface area contributed by atoms with Crippen LogP contribution in [-0.2, 0) is 9.22 Å². The number of hydrogen-bond donors (Lipinski definition) is 0. The molecule has 2 rings (SSSR count). The Kier molecular flexibility index (Phi) is 4.50. The lowest BCUT2D eigenvalue weighted by molar-refractivity contribution is -0.152. The van der Waals surface area contributed by atoms with Gasteiger partial charge in [0.15, 0.2) is 8.32 Å². The second kappa shape index (κ2) is 5.44. The third kappa shape index (κ3) is 2.84. The molecule has 2 fully saturated rings. The zero-order valence-corrected chi connectivity index (χ0v) is 17.0. The Morgan fingerprint density at radius 3 is 2.27 bits per heavy atom. The molecule has 2 saturated carbocycles. The van der Waals surface area contributed by atoms with E-state index >= 15 is 0 Å². The Balaban J connectivity index is 2.25. The van der Waals surface area contributed by atoms with Crippen molar-refractivity contribution >= 4 is 14.1 Å². The molecule has 0 aliphatic heterocycles. The summed E-state index contributed by atoms with van der Waals surface area (Å²) in [5, 5.41) is 0.242. The van der Waals surface area contributed by atoms with Crippen LogP contribution in [0, 0.1) is 16.7 Å². The fraction of sp³-hybridized carbons (Fsp3) is 0.947. The molecule has 2 aliphatic carbocycles. The molecule has 2 nitrogen and oxygen atoms in total. The molecule has 0 heterocycles. The van der Waals surface area contributed by atoms with Crippen molar-refractivity contribution in [3.8, 4) is 0 Å². The van der Waals surface area contributed by atoms with E-state index in [9.17, 15) is 4.79 Å². The molecule has 0 spiro atoms. The predicted octanol–water partition coefficient (Wildman–Crippen LogP) is 5.57. The third-order valence-electron chi connectivity index (χ3n) is 7.20. The van der Waals surface area contributed by atoms with Crippen molar-refractivity contribution in [2.75, 3.05) is 0 Å². The van der Waals surface area contributed by atoms with Gasteiger partial charge in [-0.1, -0.05) is 41.5 Å². The summed E-state index contributed by atoms with van der Waals surface area (Å²) in [5.74, 6) is 0.979. The second-order valence-corrected chi connectivity index (χ2v) is 14.8. The number of ketones is 1. The standard InChI is InChI=1S/C19H36O2Si/c1-17(2,3)22(7,8)21-16-12-13-19(6)14(18(16,4)5)10-9-11-15(19)20/h14,16H,9-13H2,1-8H3/t14?,16-,19+/m1/s1. The van der Waals surface area contributed by atoms with E-state index in [1.165, 1.54) is 6.42 Å². The largest absolute Gasteiger partial charge is 0.413 e. The molecule has 0 radical (unpaired) electrons. The zero-order chi connectivity index (χ0) is 17.0. The van der Waals surface area contributed by atoms with Gasteiger partial charge in [0.1, 0.15) is 5.78 Å². The molecule has 22 heavy (non-hydrogen) atoms. The quantitative estimate of drug-likeness (QED) is 0.620. The van der Waals surface area contributed by atoms with Crippen LogP contribution in [0.1, 0.15) is 73.6 Å². The van der Waals surface area contributed by atoms with Crippen LogP contribution in [0.15, 0.2) is 0 Å². The molecule has 0 aromatic heterocycles. The first-order valence-corrected chi connectivity index (χ1v) is 11.9. The highest BCUT2D eigenvalue weighted by Crippen LogP contribution is 2.57. The summed E-state index contributed by atoms with van der Waals surface area (Å²) < 4.78 is 6.82. The lowest BCUT2D eigenvalue weighted by Gasteiger charge is -2.57. The molecule has 0 bridgehead atoms. The molecule has 0 saturated heterocycles. The average Bonchev–Trinajstić information content (AvgIpc) is 2.34. The van der Waals surface area contributed by atoms with Gasteiger partial charge >= 0.3 is 0 Å². The van der Waals surface area contributed by atoms with Crippen LogP contribution in [-0.4, -0.2) is 20.2 Å². The fourth-order valence-electron chi connectivity index (χ4n) is 4.54. The Hall–Kier alpha value is -0.153. The molecular weight excluding hydrogens is 288 g/mol. The summed E-state index contributed by atoms with van der Waals surface area (Å²) in [5.41, 5.74) is -0.00631. The fourth-order valence-corrected chi connectivity index (χ4v) is 6.03. The number of rotatable bonds is 2. The lowest BCUT2D eigenvalue weighted by atomic mass is 9.50. The van der Waals surface area contributed by atoms with Crippen molar-refractivity contribution in [1.82, 2.24) is 0 Å². The maximum atomic E-state index is 12.6. The van der Waals surface area contributed by atoms with Crippen molar-refractivity contribution in [1.29, 1.82) is 0 Å². The van der Waals surface area contributed by atoms with Crippen molar-refractivity contribution in [3.05, 3.63) is 0 Å². The normalized spacial score (nSPS) is 36.1. The van der Waals surface area contributed by atoms with Gasteiger partial charge in [-0.3, -0.25) is 4.79 Å². The molecule has 0 N–H and O–H groups in total. The Labute approximate surface area is 138 Å². The van der Waals surface area contributed by atoms with Gasteiger partial charge in [-0.05, 0) is 55.1 Å². The molecular formula is C19H36O2Si. The van der Waals surface area contributed by atoms with E-state index in [0.717, 1.165) is 25.7 Å². The Morgan fingerprint density at radius 1 is 1.14 bits per heavy atom. The highest BCUT2D eigenvalue weighted by Gasteiger charge is 2.57. The highest BCUT2D eigenvalue weighted by atomic mass is 28.4. The summed E-state index contributed by atoms with van der Waals surface area (Å²) in [6.07, 6.45) is 5.40. The first kappa shape index (κ1) is 18.2. The van der Waals surface area contributed by atoms with Crippen LogP contribution in [0.2, 0.25) is 18.1 Å². The third-order valence-corrected chi connectivity index (χ3v) is 11.7. The van der Waals surface area contributed by atoms with Gasteiger partial charge in [-0.15, -0.1) is 0 Å².